The third kappa shape index (κ3) is 3.83. The lowest BCUT2D eigenvalue weighted by molar-refractivity contribution is 0.0951. The molecule has 1 saturated carbocycles. The number of para-hydroxylation sites is 1. The monoisotopic (exact) mass is 468 g/mol. The lowest BCUT2D eigenvalue weighted by atomic mass is 10.1. The molecular weight excluding hydrogens is 436 g/mol. The Bertz CT molecular complexity index is 1440. The number of hydrogen-bond acceptors (Lipinski definition) is 4. The molecule has 0 bridgehead atoms. The van der Waals surface area contributed by atoms with Gasteiger partial charge in [-0.2, -0.15) is 10.2 Å². The van der Waals surface area contributed by atoms with Gasteiger partial charge in [0, 0.05) is 17.3 Å². The highest BCUT2D eigenvalue weighted by atomic mass is 16.1. The van der Waals surface area contributed by atoms with E-state index in [4.69, 9.17) is 15.2 Å². The highest BCUT2D eigenvalue weighted by Gasteiger charge is 2.31. The fourth-order valence-electron chi connectivity index (χ4n) is 5.24. The molecule has 3 heterocycles. The van der Waals surface area contributed by atoms with Crippen molar-refractivity contribution in [1.82, 2.24) is 29.9 Å². The number of pyridine rings is 1. The highest BCUT2D eigenvalue weighted by Crippen LogP contribution is 2.41. The maximum Gasteiger partial charge on any atom is 0.252 e. The fraction of sp³-hybridized carbons (Fsp3) is 0.429. The molecule has 35 heavy (non-hydrogen) atoms. The molecule has 7 nitrogen and oxygen atoms in total. The summed E-state index contributed by atoms with van der Waals surface area (Å²) >= 11 is 0. The van der Waals surface area contributed by atoms with E-state index in [0.29, 0.717) is 18.0 Å². The van der Waals surface area contributed by atoms with Crippen LogP contribution in [0.2, 0.25) is 0 Å². The Balaban J connectivity index is 1.35. The maximum atomic E-state index is 13.6. The van der Waals surface area contributed by atoms with Crippen molar-refractivity contribution in [2.24, 2.45) is 0 Å². The van der Waals surface area contributed by atoms with Crippen molar-refractivity contribution in [3.63, 3.8) is 0 Å². The van der Waals surface area contributed by atoms with Gasteiger partial charge in [0.1, 0.15) is 0 Å². The van der Waals surface area contributed by atoms with Crippen molar-refractivity contribution >= 4 is 16.9 Å². The lowest BCUT2D eigenvalue weighted by Gasteiger charge is -2.20. The van der Waals surface area contributed by atoms with Gasteiger partial charge in [-0.15, -0.1) is 0 Å². The van der Waals surface area contributed by atoms with E-state index in [1.165, 1.54) is 11.3 Å². The SMILES string of the molecule is Cc1nn(C(C)(C)C)c2nc(C3CC3)cc(C(=O)NCc3nn(-c4ccccc4)c4c3CCC4)c12. The first-order chi connectivity index (χ1) is 16.8. The summed E-state index contributed by atoms with van der Waals surface area (Å²) in [7, 11) is 0. The minimum absolute atomic E-state index is 0.0862. The van der Waals surface area contributed by atoms with Crippen LogP contribution in [0.5, 0.6) is 0 Å². The predicted molar refractivity (Wildman–Crippen MR) is 136 cm³/mol. The van der Waals surface area contributed by atoms with Crippen LogP contribution < -0.4 is 5.32 Å². The summed E-state index contributed by atoms with van der Waals surface area (Å²) in [4.78, 5) is 18.6. The summed E-state index contributed by atoms with van der Waals surface area (Å²) < 4.78 is 4.02. The molecular formula is C28H32N6O. The van der Waals surface area contributed by atoms with Crippen molar-refractivity contribution in [3.05, 3.63) is 70.3 Å². The third-order valence-electron chi connectivity index (χ3n) is 7.14. The van der Waals surface area contributed by atoms with E-state index in [0.717, 1.165) is 65.9 Å². The van der Waals surface area contributed by atoms with Crippen LogP contribution in [0.3, 0.4) is 0 Å². The average Bonchev–Trinajstić information content (AvgIpc) is 3.33. The van der Waals surface area contributed by atoms with Crippen molar-refractivity contribution < 1.29 is 4.79 Å². The van der Waals surface area contributed by atoms with E-state index in [1.807, 2.05) is 35.9 Å². The summed E-state index contributed by atoms with van der Waals surface area (Å²) in [6, 6.07) is 12.2. The topological polar surface area (TPSA) is 77.6 Å². The van der Waals surface area contributed by atoms with Gasteiger partial charge in [0.25, 0.3) is 5.91 Å². The lowest BCUT2D eigenvalue weighted by Crippen LogP contribution is -2.25. The number of carbonyl (C=O) groups is 1. The predicted octanol–water partition coefficient (Wildman–Crippen LogP) is 4.98. The molecule has 2 aliphatic carbocycles. The molecule has 0 saturated heterocycles. The van der Waals surface area contributed by atoms with Crippen LogP contribution in [0.1, 0.15) is 84.6 Å². The molecule has 3 aromatic heterocycles. The van der Waals surface area contributed by atoms with Crippen molar-refractivity contribution in [3.8, 4) is 5.69 Å². The van der Waals surface area contributed by atoms with E-state index in [-0.39, 0.29) is 11.4 Å². The van der Waals surface area contributed by atoms with Crippen LogP contribution in [0.25, 0.3) is 16.7 Å². The van der Waals surface area contributed by atoms with Gasteiger partial charge in [-0.05, 0) is 83.6 Å². The number of carbonyl (C=O) groups excluding carboxylic acids is 1. The summed E-state index contributed by atoms with van der Waals surface area (Å²) in [5.41, 5.74) is 7.67. The third-order valence-corrected chi connectivity index (χ3v) is 7.14. The van der Waals surface area contributed by atoms with Gasteiger partial charge in [0.2, 0.25) is 0 Å². The van der Waals surface area contributed by atoms with Crippen LogP contribution in [0.15, 0.2) is 36.4 Å². The molecule has 7 heteroatoms. The standard InChI is InChI=1S/C28H32N6O/c1-17-25-21(15-22(18-13-14-18)30-26(25)34(31-17)28(2,3)4)27(35)29-16-23-20-11-8-12-24(20)33(32-23)19-9-6-5-7-10-19/h5-7,9-10,15,18H,8,11-14,16H2,1-4H3,(H,29,35). The van der Waals surface area contributed by atoms with E-state index in [1.54, 1.807) is 0 Å². The number of benzene rings is 1. The van der Waals surface area contributed by atoms with Crippen LogP contribution in [0, 0.1) is 6.92 Å². The molecule has 0 radical (unpaired) electrons. The summed E-state index contributed by atoms with van der Waals surface area (Å²) in [6.07, 6.45) is 5.42. The first kappa shape index (κ1) is 22.0. The van der Waals surface area contributed by atoms with Crippen LogP contribution in [-0.2, 0) is 24.9 Å². The first-order valence-corrected chi connectivity index (χ1v) is 12.7. The zero-order chi connectivity index (χ0) is 24.3. The first-order valence-electron chi connectivity index (χ1n) is 12.7. The molecule has 0 atom stereocenters. The van der Waals surface area contributed by atoms with E-state index >= 15 is 0 Å². The Morgan fingerprint density at radius 2 is 1.89 bits per heavy atom. The second-order valence-electron chi connectivity index (χ2n) is 10.9. The molecule has 1 fully saturated rings. The molecule has 2 aliphatic rings. The van der Waals surface area contributed by atoms with Gasteiger partial charge in [-0.3, -0.25) is 4.79 Å². The number of aromatic nitrogens is 5. The number of amides is 1. The summed E-state index contributed by atoms with van der Waals surface area (Å²) in [6.45, 7) is 8.74. The number of fused-ring (bicyclic) bond motifs is 2. The second-order valence-corrected chi connectivity index (χ2v) is 10.9. The van der Waals surface area contributed by atoms with Crippen LogP contribution in [-0.4, -0.2) is 30.5 Å². The number of aryl methyl sites for hydroxylation is 1. The Morgan fingerprint density at radius 3 is 2.60 bits per heavy atom. The summed E-state index contributed by atoms with van der Waals surface area (Å²) in [5, 5.41) is 13.7. The minimum Gasteiger partial charge on any atom is -0.346 e. The van der Waals surface area contributed by atoms with Gasteiger partial charge >= 0.3 is 0 Å². The largest absolute Gasteiger partial charge is 0.346 e. The molecule has 1 aromatic carbocycles. The zero-order valence-electron chi connectivity index (χ0n) is 20.9. The average molecular weight is 469 g/mol. The molecule has 4 aromatic rings. The Hall–Kier alpha value is -3.48. The van der Waals surface area contributed by atoms with Crippen molar-refractivity contribution in [2.45, 2.75) is 77.8 Å². The Labute approximate surface area is 205 Å². The highest BCUT2D eigenvalue weighted by molar-refractivity contribution is 6.06. The number of hydrogen-bond donors (Lipinski definition) is 1. The Morgan fingerprint density at radius 1 is 1.11 bits per heavy atom. The van der Waals surface area contributed by atoms with Crippen molar-refractivity contribution in [1.29, 1.82) is 0 Å². The number of rotatable bonds is 5. The quantitative estimate of drug-likeness (QED) is 0.448. The zero-order valence-corrected chi connectivity index (χ0v) is 20.9. The van der Waals surface area contributed by atoms with Gasteiger partial charge in [-0.1, -0.05) is 18.2 Å². The van der Waals surface area contributed by atoms with E-state index < -0.39 is 0 Å². The van der Waals surface area contributed by atoms with Gasteiger partial charge < -0.3 is 5.32 Å². The minimum atomic E-state index is -0.222. The molecule has 0 aliphatic heterocycles. The normalized spacial score (nSPS) is 15.5. The van der Waals surface area contributed by atoms with Gasteiger partial charge in [-0.25, -0.2) is 14.3 Å². The molecule has 0 unspecified atom stereocenters. The Kier molecular flexibility index (Phi) is 5.06. The molecule has 180 valence electrons. The maximum absolute atomic E-state index is 13.6. The smallest absolute Gasteiger partial charge is 0.252 e. The molecule has 1 amide bonds. The molecule has 1 N–H and O–H groups in total. The van der Waals surface area contributed by atoms with Gasteiger partial charge in [0.05, 0.1) is 40.1 Å². The second kappa shape index (κ2) is 8.04. The molecule has 6 rings (SSSR count). The molecule has 0 spiro atoms. The fourth-order valence-corrected chi connectivity index (χ4v) is 5.24. The summed E-state index contributed by atoms with van der Waals surface area (Å²) in [5.74, 6) is 0.358. The van der Waals surface area contributed by atoms with E-state index in [2.05, 4.69) is 42.9 Å². The van der Waals surface area contributed by atoms with Crippen LogP contribution in [0.4, 0.5) is 0 Å². The van der Waals surface area contributed by atoms with Crippen LogP contribution >= 0.6 is 0 Å². The van der Waals surface area contributed by atoms with E-state index in [9.17, 15) is 4.79 Å². The number of nitrogens with zero attached hydrogens (tertiary/aromatic N) is 5. The number of nitrogens with one attached hydrogen (secondary N) is 1. The van der Waals surface area contributed by atoms with Gasteiger partial charge in [0.15, 0.2) is 5.65 Å². The van der Waals surface area contributed by atoms with Crippen molar-refractivity contribution in [2.75, 3.05) is 0 Å².